The van der Waals surface area contributed by atoms with Crippen molar-refractivity contribution >= 4 is 11.9 Å². The lowest BCUT2D eigenvalue weighted by Gasteiger charge is -2.31. The van der Waals surface area contributed by atoms with Gasteiger partial charge in [-0.25, -0.2) is 0 Å². The summed E-state index contributed by atoms with van der Waals surface area (Å²) >= 11 is 0. The Bertz CT molecular complexity index is 305. The first-order valence-electron chi connectivity index (χ1n) is 5.98. The molecule has 98 valence electrons. The fraction of sp³-hybridized carbons (Fsp3) is 0.833. The van der Waals surface area contributed by atoms with Crippen LogP contribution in [0.2, 0.25) is 0 Å². The van der Waals surface area contributed by atoms with E-state index in [0.29, 0.717) is 12.5 Å². The molecular formula is C12H22N2O3. The standard InChI is InChI=1S/C12H22N2O3/c1-12(2,3)10(13)11(17)14(7-9(15)16)6-8-4-5-8/h8,10H,4-7,13H2,1-3H3,(H,15,16). The summed E-state index contributed by atoms with van der Waals surface area (Å²) in [6.45, 7) is 5.91. The number of carboxylic acids is 1. The molecule has 0 aromatic heterocycles. The smallest absolute Gasteiger partial charge is 0.323 e. The fourth-order valence-electron chi connectivity index (χ4n) is 1.57. The molecule has 1 fully saturated rings. The third-order valence-corrected chi connectivity index (χ3v) is 3.01. The molecule has 0 saturated heterocycles. The van der Waals surface area contributed by atoms with Crippen LogP contribution in [-0.4, -0.2) is 41.0 Å². The Morgan fingerprint density at radius 1 is 1.41 bits per heavy atom. The van der Waals surface area contributed by atoms with Crippen molar-refractivity contribution in [3.8, 4) is 0 Å². The summed E-state index contributed by atoms with van der Waals surface area (Å²) < 4.78 is 0. The lowest BCUT2D eigenvalue weighted by Crippen LogP contribution is -2.52. The van der Waals surface area contributed by atoms with E-state index in [1.807, 2.05) is 20.8 Å². The van der Waals surface area contributed by atoms with Crippen LogP contribution in [0.25, 0.3) is 0 Å². The SMILES string of the molecule is CC(C)(C)C(N)C(=O)N(CC(=O)O)CC1CC1. The van der Waals surface area contributed by atoms with E-state index in [1.165, 1.54) is 4.90 Å². The highest BCUT2D eigenvalue weighted by atomic mass is 16.4. The third kappa shape index (κ3) is 4.34. The van der Waals surface area contributed by atoms with Gasteiger partial charge < -0.3 is 15.7 Å². The van der Waals surface area contributed by atoms with Gasteiger partial charge in [-0.3, -0.25) is 9.59 Å². The summed E-state index contributed by atoms with van der Waals surface area (Å²) in [5.74, 6) is -0.780. The van der Waals surface area contributed by atoms with Crippen molar-refractivity contribution in [1.82, 2.24) is 4.90 Å². The van der Waals surface area contributed by atoms with Gasteiger partial charge >= 0.3 is 5.97 Å². The summed E-state index contributed by atoms with van der Waals surface area (Å²) in [7, 11) is 0. The molecule has 0 radical (unpaired) electrons. The number of carbonyl (C=O) groups is 2. The molecule has 1 aliphatic carbocycles. The van der Waals surface area contributed by atoms with Crippen LogP contribution < -0.4 is 5.73 Å². The van der Waals surface area contributed by atoms with Crippen LogP contribution in [0.3, 0.4) is 0 Å². The number of carbonyl (C=O) groups excluding carboxylic acids is 1. The van der Waals surface area contributed by atoms with Gasteiger partial charge in [0.25, 0.3) is 0 Å². The van der Waals surface area contributed by atoms with Crippen molar-refractivity contribution in [3.63, 3.8) is 0 Å². The molecule has 1 amide bonds. The Morgan fingerprint density at radius 2 is 1.94 bits per heavy atom. The first-order chi connectivity index (χ1) is 7.71. The summed E-state index contributed by atoms with van der Waals surface area (Å²) in [5, 5.41) is 8.82. The molecule has 0 heterocycles. The molecule has 0 aromatic carbocycles. The molecule has 1 saturated carbocycles. The van der Waals surface area contributed by atoms with E-state index in [-0.39, 0.29) is 17.9 Å². The Morgan fingerprint density at radius 3 is 2.29 bits per heavy atom. The van der Waals surface area contributed by atoms with Crippen LogP contribution in [-0.2, 0) is 9.59 Å². The number of rotatable bonds is 5. The minimum absolute atomic E-state index is 0.251. The van der Waals surface area contributed by atoms with Crippen LogP contribution in [0.15, 0.2) is 0 Å². The molecule has 1 atom stereocenters. The highest BCUT2D eigenvalue weighted by molar-refractivity contribution is 5.85. The number of hydrogen-bond donors (Lipinski definition) is 2. The van der Waals surface area contributed by atoms with Crippen molar-refractivity contribution in [2.24, 2.45) is 17.1 Å². The maximum Gasteiger partial charge on any atom is 0.323 e. The van der Waals surface area contributed by atoms with Crippen LogP contribution in [0.5, 0.6) is 0 Å². The second-order valence-electron chi connectivity index (χ2n) is 5.90. The van der Waals surface area contributed by atoms with Crippen molar-refractivity contribution in [3.05, 3.63) is 0 Å². The van der Waals surface area contributed by atoms with Gasteiger partial charge in [0, 0.05) is 6.54 Å². The van der Waals surface area contributed by atoms with Crippen molar-refractivity contribution < 1.29 is 14.7 Å². The van der Waals surface area contributed by atoms with Gasteiger partial charge in [0.15, 0.2) is 0 Å². The van der Waals surface area contributed by atoms with Gasteiger partial charge in [0.2, 0.25) is 5.91 Å². The summed E-state index contributed by atoms with van der Waals surface area (Å²) in [5.41, 5.74) is 5.53. The molecule has 17 heavy (non-hydrogen) atoms. The van der Waals surface area contributed by atoms with Gasteiger partial charge in [-0.15, -0.1) is 0 Å². The van der Waals surface area contributed by atoms with E-state index in [9.17, 15) is 9.59 Å². The van der Waals surface area contributed by atoms with Crippen molar-refractivity contribution in [1.29, 1.82) is 0 Å². The first-order valence-corrected chi connectivity index (χ1v) is 5.98. The van der Waals surface area contributed by atoms with E-state index in [4.69, 9.17) is 10.8 Å². The second-order valence-corrected chi connectivity index (χ2v) is 5.90. The molecule has 0 aliphatic heterocycles. The molecule has 0 spiro atoms. The Labute approximate surface area is 102 Å². The summed E-state index contributed by atoms with van der Waals surface area (Å²) in [6, 6.07) is -0.652. The maximum absolute atomic E-state index is 12.1. The largest absolute Gasteiger partial charge is 0.480 e. The lowest BCUT2D eigenvalue weighted by atomic mass is 9.86. The Hall–Kier alpha value is -1.10. The molecule has 3 N–H and O–H groups in total. The lowest BCUT2D eigenvalue weighted by molar-refractivity contribution is -0.146. The molecule has 1 aliphatic rings. The zero-order valence-electron chi connectivity index (χ0n) is 10.8. The highest BCUT2D eigenvalue weighted by Crippen LogP contribution is 2.30. The zero-order valence-corrected chi connectivity index (χ0v) is 10.8. The second kappa shape index (κ2) is 5.04. The zero-order chi connectivity index (χ0) is 13.2. The number of nitrogens with zero attached hydrogens (tertiary/aromatic N) is 1. The molecule has 5 heteroatoms. The third-order valence-electron chi connectivity index (χ3n) is 3.01. The van der Waals surface area contributed by atoms with E-state index >= 15 is 0 Å². The molecule has 1 unspecified atom stereocenters. The topological polar surface area (TPSA) is 83.6 Å². The normalized spacial score (nSPS) is 17.6. The first kappa shape index (κ1) is 14.0. The van der Waals surface area contributed by atoms with Crippen LogP contribution >= 0.6 is 0 Å². The number of nitrogens with two attached hydrogens (primary N) is 1. The molecular weight excluding hydrogens is 220 g/mol. The predicted molar refractivity (Wildman–Crippen MR) is 64.4 cm³/mol. The fourth-order valence-corrected chi connectivity index (χ4v) is 1.57. The van der Waals surface area contributed by atoms with Crippen LogP contribution in [0, 0.1) is 11.3 Å². The van der Waals surface area contributed by atoms with Gasteiger partial charge in [0.1, 0.15) is 6.54 Å². The van der Waals surface area contributed by atoms with Gasteiger partial charge in [-0.2, -0.15) is 0 Å². The van der Waals surface area contributed by atoms with E-state index in [0.717, 1.165) is 12.8 Å². The van der Waals surface area contributed by atoms with Crippen LogP contribution in [0.1, 0.15) is 33.6 Å². The number of amides is 1. The monoisotopic (exact) mass is 242 g/mol. The summed E-state index contributed by atoms with van der Waals surface area (Å²) in [4.78, 5) is 24.3. The highest BCUT2D eigenvalue weighted by Gasteiger charge is 2.34. The molecule has 1 rings (SSSR count). The van der Waals surface area contributed by atoms with Crippen molar-refractivity contribution in [2.75, 3.05) is 13.1 Å². The van der Waals surface area contributed by atoms with Crippen LogP contribution in [0.4, 0.5) is 0 Å². The van der Waals surface area contributed by atoms with E-state index in [2.05, 4.69) is 0 Å². The average molecular weight is 242 g/mol. The number of aliphatic carboxylic acids is 1. The Balaban J connectivity index is 2.66. The van der Waals surface area contributed by atoms with Gasteiger partial charge in [-0.05, 0) is 24.2 Å². The quantitative estimate of drug-likeness (QED) is 0.742. The van der Waals surface area contributed by atoms with Crippen molar-refractivity contribution in [2.45, 2.75) is 39.7 Å². The predicted octanol–water partition coefficient (Wildman–Crippen LogP) is 0.683. The minimum Gasteiger partial charge on any atom is -0.480 e. The molecule has 0 aromatic rings. The Kier molecular flexibility index (Phi) is 4.14. The minimum atomic E-state index is -0.986. The summed E-state index contributed by atoms with van der Waals surface area (Å²) in [6.07, 6.45) is 2.16. The van der Waals surface area contributed by atoms with Gasteiger partial charge in [-0.1, -0.05) is 20.8 Å². The average Bonchev–Trinajstić information content (AvgIpc) is 2.96. The van der Waals surface area contributed by atoms with E-state index < -0.39 is 12.0 Å². The number of hydrogen-bond acceptors (Lipinski definition) is 3. The van der Waals surface area contributed by atoms with Gasteiger partial charge in [0.05, 0.1) is 6.04 Å². The maximum atomic E-state index is 12.1. The molecule has 0 bridgehead atoms. The molecule has 5 nitrogen and oxygen atoms in total. The number of carboxylic acid groups (broad SMARTS) is 1. The van der Waals surface area contributed by atoms with E-state index in [1.54, 1.807) is 0 Å².